The van der Waals surface area contributed by atoms with Crippen molar-refractivity contribution in [2.45, 2.75) is 38.8 Å². The molecule has 29 heavy (non-hydrogen) atoms. The minimum Gasteiger partial charge on any atom is -0.493 e. The van der Waals surface area contributed by atoms with Crippen molar-refractivity contribution >= 4 is 23.4 Å². The molecule has 1 saturated heterocycles. The molecule has 1 aromatic rings. The van der Waals surface area contributed by atoms with Gasteiger partial charge in [-0.3, -0.25) is 14.4 Å². The van der Waals surface area contributed by atoms with Crippen LogP contribution in [0.3, 0.4) is 0 Å². The van der Waals surface area contributed by atoms with Crippen LogP contribution in [0, 0.1) is 5.92 Å². The molecule has 1 aromatic carbocycles. The van der Waals surface area contributed by atoms with Crippen LogP contribution in [0.5, 0.6) is 11.5 Å². The van der Waals surface area contributed by atoms with Crippen LogP contribution in [0.4, 0.5) is 5.69 Å². The number of likely N-dealkylation sites (tertiary alicyclic amines) is 1. The highest BCUT2D eigenvalue weighted by Crippen LogP contribution is 2.38. The molecule has 4 N–H and O–H groups in total. The van der Waals surface area contributed by atoms with E-state index in [2.05, 4.69) is 10.6 Å². The summed E-state index contributed by atoms with van der Waals surface area (Å²) in [5.74, 6) is 0.501. The fourth-order valence-electron chi connectivity index (χ4n) is 3.77. The van der Waals surface area contributed by atoms with Gasteiger partial charge in [0.15, 0.2) is 18.1 Å². The van der Waals surface area contributed by atoms with Crippen LogP contribution >= 0.6 is 0 Å². The second-order valence-electron chi connectivity index (χ2n) is 7.61. The van der Waals surface area contributed by atoms with Gasteiger partial charge in [-0.1, -0.05) is 0 Å². The molecule has 2 heterocycles. The Hall–Kier alpha value is -2.81. The van der Waals surface area contributed by atoms with Gasteiger partial charge in [-0.2, -0.15) is 0 Å². The summed E-state index contributed by atoms with van der Waals surface area (Å²) < 4.78 is 10.7. The number of hydrogen-bond acceptors (Lipinski definition) is 6. The number of ether oxygens (including phenoxy) is 2. The Morgan fingerprint density at radius 3 is 2.62 bits per heavy atom. The van der Waals surface area contributed by atoms with Crippen molar-refractivity contribution < 1.29 is 23.9 Å². The monoisotopic (exact) mass is 404 g/mol. The predicted octanol–water partition coefficient (Wildman–Crippen LogP) is 0.730. The summed E-state index contributed by atoms with van der Waals surface area (Å²) in [6.07, 6.45) is 1.61. The third kappa shape index (κ3) is 4.61. The fraction of sp³-hybridized carbons (Fsp3) is 0.550. The Labute approximate surface area is 169 Å². The number of carbonyl (C=O) groups is 3. The third-order valence-corrected chi connectivity index (χ3v) is 5.47. The van der Waals surface area contributed by atoms with E-state index in [1.165, 1.54) is 7.11 Å². The zero-order chi connectivity index (χ0) is 21.1. The number of fused-ring (bicyclic) bond motifs is 1. The molecule has 1 fully saturated rings. The number of anilines is 1. The maximum atomic E-state index is 12.8. The van der Waals surface area contributed by atoms with E-state index >= 15 is 0 Å². The van der Waals surface area contributed by atoms with Crippen LogP contribution in [-0.4, -0.2) is 61.5 Å². The van der Waals surface area contributed by atoms with Gasteiger partial charge in [-0.25, -0.2) is 0 Å². The maximum Gasteiger partial charge on any atom is 0.262 e. The lowest BCUT2D eigenvalue weighted by atomic mass is 9.90. The zero-order valence-corrected chi connectivity index (χ0v) is 17.0. The lowest BCUT2D eigenvalue weighted by molar-refractivity contribution is -0.133. The first-order valence-electron chi connectivity index (χ1n) is 9.80. The molecule has 3 rings (SSSR count). The summed E-state index contributed by atoms with van der Waals surface area (Å²) in [6.45, 7) is 4.85. The average molecular weight is 404 g/mol. The van der Waals surface area contributed by atoms with E-state index in [1.54, 1.807) is 24.0 Å². The first-order chi connectivity index (χ1) is 13.8. The summed E-state index contributed by atoms with van der Waals surface area (Å²) in [6, 6.07) is 2.62. The molecule has 0 aliphatic carbocycles. The van der Waals surface area contributed by atoms with E-state index in [4.69, 9.17) is 15.2 Å². The number of nitrogens with zero attached hydrogens (tertiary/aromatic N) is 1. The molecule has 158 valence electrons. The molecule has 2 aliphatic rings. The summed E-state index contributed by atoms with van der Waals surface area (Å²) in [5.41, 5.74) is 6.47. The molecule has 9 nitrogen and oxygen atoms in total. The van der Waals surface area contributed by atoms with Crippen LogP contribution < -0.4 is 25.8 Å². The summed E-state index contributed by atoms with van der Waals surface area (Å²) >= 11 is 0. The molecule has 0 bridgehead atoms. The molecule has 9 heteroatoms. The number of benzene rings is 1. The zero-order valence-electron chi connectivity index (χ0n) is 17.0. The number of amides is 3. The minimum atomic E-state index is -0.493. The molecule has 2 aliphatic heterocycles. The molecule has 0 saturated carbocycles. The Morgan fingerprint density at radius 1 is 1.31 bits per heavy atom. The van der Waals surface area contributed by atoms with E-state index in [-0.39, 0.29) is 36.3 Å². The topological polar surface area (TPSA) is 123 Å². The number of nitrogens with two attached hydrogens (primary N) is 1. The number of nitrogens with one attached hydrogen (secondary N) is 2. The van der Waals surface area contributed by atoms with Gasteiger partial charge in [0.1, 0.15) is 0 Å². The summed E-state index contributed by atoms with van der Waals surface area (Å²) in [4.78, 5) is 38.2. The van der Waals surface area contributed by atoms with Crippen molar-refractivity contribution in [3.8, 4) is 11.5 Å². The Morgan fingerprint density at radius 2 is 2.00 bits per heavy atom. The highest BCUT2D eigenvalue weighted by molar-refractivity contribution is 6.01. The quantitative estimate of drug-likeness (QED) is 0.665. The number of carbonyl (C=O) groups excluding carboxylic acids is 3. The summed E-state index contributed by atoms with van der Waals surface area (Å²) in [7, 11) is 1.48. The van der Waals surface area contributed by atoms with Crippen molar-refractivity contribution in [3.63, 3.8) is 0 Å². The van der Waals surface area contributed by atoms with Gasteiger partial charge < -0.3 is 30.7 Å². The van der Waals surface area contributed by atoms with E-state index in [1.807, 2.05) is 6.92 Å². The van der Waals surface area contributed by atoms with Crippen LogP contribution in [-0.2, 0) is 9.59 Å². The second kappa shape index (κ2) is 8.69. The number of rotatable bonds is 5. The van der Waals surface area contributed by atoms with Gasteiger partial charge >= 0.3 is 0 Å². The molecule has 0 radical (unpaired) electrons. The number of hydrogen-bond donors (Lipinski definition) is 3. The molecule has 2 atom stereocenters. The van der Waals surface area contributed by atoms with Gasteiger partial charge in [-0.05, 0) is 44.7 Å². The van der Waals surface area contributed by atoms with Gasteiger partial charge in [0, 0.05) is 24.7 Å². The Kier molecular flexibility index (Phi) is 6.26. The van der Waals surface area contributed by atoms with E-state index in [0.29, 0.717) is 35.8 Å². The SMILES string of the molecule is COc1cc(C(=O)NC(C)C2CCN(C(=O)C(C)N)CC2)cc2c1OCC(=O)N2. The van der Waals surface area contributed by atoms with Crippen LogP contribution in [0.1, 0.15) is 37.0 Å². The fourth-order valence-corrected chi connectivity index (χ4v) is 3.77. The van der Waals surface area contributed by atoms with E-state index in [0.717, 1.165) is 12.8 Å². The largest absolute Gasteiger partial charge is 0.493 e. The molecule has 0 aromatic heterocycles. The van der Waals surface area contributed by atoms with Crippen molar-refractivity contribution in [2.75, 3.05) is 32.1 Å². The van der Waals surface area contributed by atoms with E-state index < -0.39 is 6.04 Å². The Bertz CT molecular complexity index is 802. The lowest BCUT2D eigenvalue weighted by Gasteiger charge is -2.35. The second-order valence-corrected chi connectivity index (χ2v) is 7.61. The Balaban J connectivity index is 1.64. The normalized spacial score (nSPS) is 18.8. The van der Waals surface area contributed by atoms with Gasteiger partial charge in [0.25, 0.3) is 11.8 Å². The molecular weight excluding hydrogens is 376 g/mol. The van der Waals surface area contributed by atoms with Gasteiger partial charge in [-0.15, -0.1) is 0 Å². The van der Waals surface area contributed by atoms with E-state index in [9.17, 15) is 14.4 Å². The maximum absolute atomic E-state index is 12.8. The first-order valence-corrected chi connectivity index (χ1v) is 9.80. The standard InChI is InChI=1S/C20H28N4O5/c1-11(21)20(27)24-6-4-13(5-7-24)12(2)22-19(26)14-8-15-18(16(9-14)28-3)29-10-17(25)23-15/h8-9,11-13H,4-7,10,21H2,1-3H3,(H,22,26)(H,23,25). The van der Waals surface area contributed by atoms with Crippen molar-refractivity contribution in [1.82, 2.24) is 10.2 Å². The average Bonchev–Trinajstić information content (AvgIpc) is 2.71. The van der Waals surface area contributed by atoms with Crippen molar-refractivity contribution in [3.05, 3.63) is 17.7 Å². The van der Waals surface area contributed by atoms with Gasteiger partial charge in [0.05, 0.1) is 18.8 Å². The highest BCUT2D eigenvalue weighted by atomic mass is 16.5. The molecule has 2 unspecified atom stereocenters. The molecule has 3 amide bonds. The van der Waals surface area contributed by atoms with Crippen LogP contribution in [0.25, 0.3) is 0 Å². The van der Waals surface area contributed by atoms with Crippen molar-refractivity contribution in [1.29, 1.82) is 0 Å². The molecule has 0 spiro atoms. The van der Waals surface area contributed by atoms with Crippen LogP contribution in [0.2, 0.25) is 0 Å². The molecular formula is C20H28N4O5. The lowest BCUT2D eigenvalue weighted by Crippen LogP contribution is -2.49. The van der Waals surface area contributed by atoms with Crippen LogP contribution in [0.15, 0.2) is 12.1 Å². The summed E-state index contributed by atoms with van der Waals surface area (Å²) in [5, 5.41) is 5.73. The predicted molar refractivity (Wildman–Crippen MR) is 107 cm³/mol. The van der Waals surface area contributed by atoms with Gasteiger partial charge in [0.2, 0.25) is 5.91 Å². The smallest absolute Gasteiger partial charge is 0.262 e. The minimum absolute atomic E-state index is 0.0365. The highest BCUT2D eigenvalue weighted by Gasteiger charge is 2.29. The number of methoxy groups -OCH3 is 1. The number of piperidine rings is 1. The first kappa shape index (κ1) is 20.9. The third-order valence-electron chi connectivity index (χ3n) is 5.47. The van der Waals surface area contributed by atoms with Crippen molar-refractivity contribution in [2.24, 2.45) is 11.7 Å².